The van der Waals surface area contributed by atoms with E-state index in [0.717, 1.165) is 12.8 Å². The van der Waals surface area contributed by atoms with E-state index in [9.17, 15) is 0 Å². The predicted octanol–water partition coefficient (Wildman–Crippen LogP) is 1.99. The summed E-state index contributed by atoms with van der Waals surface area (Å²) in [5.41, 5.74) is 6.42. The number of likely N-dealkylation sites (tertiary alicyclic amines) is 1. The molecular formula is C14H30N2O. The van der Waals surface area contributed by atoms with E-state index in [-0.39, 0.29) is 11.5 Å². The van der Waals surface area contributed by atoms with Crippen LogP contribution in [0, 0.1) is 5.41 Å². The van der Waals surface area contributed by atoms with Crippen molar-refractivity contribution in [2.24, 2.45) is 11.1 Å². The molecule has 0 aliphatic carbocycles. The first-order valence-corrected chi connectivity index (χ1v) is 7.00. The first-order chi connectivity index (χ1) is 7.88. The van der Waals surface area contributed by atoms with E-state index in [1.54, 1.807) is 0 Å². The number of nitrogens with two attached hydrogens (primary N) is 1. The van der Waals surface area contributed by atoms with E-state index >= 15 is 0 Å². The Morgan fingerprint density at radius 1 is 1.41 bits per heavy atom. The fourth-order valence-corrected chi connectivity index (χ4v) is 3.45. The first kappa shape index (κ1) is 14.9. The summed E-state index contributed by atoms with van der Waals surface area (Å²) >= 11 is 0. The van der Waals surface area contributed by atoms with Gasteiger partial charge in [-0.2, -0.15) is 0 Å². The van der Waals surface area contributed by atoms with Crippen LogP contribution in [0.4, 0.5) is 0 Å². The Balaban J connectivity index is 2.72. The fourth-order valence-electron chi connectivity index (χ4n) is 3.45. The van der Waals surface area contributed by atoms with Crippen LogP contribution in [-0.4, -0.2) is 41.3 Å². The minimum atomic E-state index is 0.199. The molecule has 3 unspecified atom stereocenters. The molecule has 0 spiro atoms. The molecule has 0 bridgehead atoms. The Kier molecular flexibility index (Phi) is 5.42. The van der Waals surface area contributed by atoms with Crippen LogP contribution in [0.3, 0.4) is 0 Å². The molecule has 1 saturated heterocycles. The van der Waals surface area contributed by atoms with Crippen LogP contribution in [-0.2, 0) is 0 Å². The molecule has 102 valence electrons. The molecule has 0 aromatic heterocycles. The summed E-state index contributed by atoms with van der Waals surface area (Å²) in [5, 5.41) is 8.98. The standard InChI is InChI=1S/C14H30N2O/c1-11(15)13(14(2,3)4)16-9-5-7-12(16)8-6-10-17/h11-13,17H,5-10,15H2,1-4H3. The van der Waals surface area contributed by atoms with E-state index < -0.39 is 0 Å². The van der Waals surface area contributed by atoms with Crippen molar-refractivity contribution >= 4 is 0 Å². The molecule has 17 heavy (non-hydrogen) atoms. The minimum absolute atomic E-state index is 0.199. The fraction of sp³-hybridized carbons (Fsp3) is 1.00. The van der Waals surface area contributed by atoms with Gasteiger partial charge in [-0.05, 0) is 44.6 Å². The highest BCUT2D eigenvalue weighted by Gasteiger charge is 2.38. The number of nitrogens with zero attached hydrogens (tertiary/aromatic N) is 1. The Labute approximate surface area is 106 Å². The van der Waals surface area contributed by atoms with Gasteiger partial charge >= 0.3 is 0 Å². The van der Waals surface area contributed by atoms with Crippen molar-refractivity contribution in [1.82, 2.24) is 4.90 Å². The van der Waals surface area contributed by atoms with Gasteiger partial charge in [-0.15, -0.1) is 0 Å². The lowest BCUT2D eigenvalue weighted by molar-refractivity contribution is 0.0652. The third-order valence-corrected chi connectivity index (χ3v) is 3.86. The van der Waals surface area contributed by atoms with Gasteiger partial charge in [-0.1, -0.05) is 20.8 Å². The van der Waals surface area contributed by atoms with Crippen LogP contribution in [0.2, 0.25) is 0 Å². The molecule has 1 aliphatic rings. The molecule has 0 aromatic rings. The smallest absolute Gasteiger partial charge is 0.0431 e. The highest BCUT2D eigenvalue weighted by Crippen LogP contribution is 2.33. The maximum absolute atomic E-state index is 8.98. The van der Waals surface area contributed by atoms with Gasteiger partial charge in [0.05, 0.1) is 0 Å². The van der Waals surface area contributed by atoms with Crippen LogP contribution in [0.25, 0.3) is 0 Å². The Morgan fingerprint density at radius 3 is 2.53 bits per heavy atom. The summed E-state index contributed by atoms with van der Waals surface area (Å²) in [4.78, 5) is 2.60. The third-order valence-electron chi connectivity index (χ3n) is 3.86. The zero-order chi connectivity index (χ0) is 13.1. The number of rotatable bonds is 5. The van der Waals surface area contributed by atoms with Gasteiger partial charge < -0.3 is 10.8 Å². The van der Waals surface area contributed by atoms with Crippen molar-refractivity contribution < 1.29 is 5.11 Å². The molecule has 0 radical (unpaired) electrons. The normalized spacial score (nSPS) is 26.1. The number of hydrogen-bond donors (Lipinski definition) is 2. The maximum Gasteiger partial charge on any atom is 0.0431 e. The van der Waals surface area contributed by atoms with E-state index in [1.165, 1.54) is 19.4 Å². The first-order valence-electron chi connectivity index (χ1n) is 7.00. The quantitative estimate of drug-likeness (QED) is 0.775. The molecule has 3 N–H and O–H groups in total. The zero-order valence-electron chi connectivity index (χ0n) is 11.9. The summed E-state index contributed by atoms with van der Waals surface area (Å²) in [6.45, 7) is 10.4. The molecule has 1 rings (SSSR count). The van der Waals surface area contributed by atoms with Crippen LogP contribution >= 0.6 is 0 Å². The number of hydrogen-bond acceptors (Lipinski definition) is 3. The van der Waals surface area contributed by atoms with Gasteiger partial charge in [0.25, 0.3) is 0 Å². The molecule has 3 atom stereocenters. The van der Waals surface area contributed by atoms with Gasteiger partial charge in [0.15, 0.2) is 0 Å². The summed E-state index contributed by atoms with van der Waals surface area (Å²) in [7, 11) is 0. The highest BCUT2D eigenvalue weighted by molar-refractivity contribution is 4.94. The average molecular weight is 242 g/mol. The zero-order valence-corrected chi connectivity index (χ0v) is 11.9. The van der Waals surface area contributed by atoms with Crippen molar-refractivity contribution in [1.29, 1.82) is 0 Å². The van der Waals surface area contributed by atoms with Crippen molar-refractivity contribution in [2.75, 3.05) is 13.2 Å². The molecule has 3 heteroatoms. The van der Waals surface area contributed by atoms with Crippen molar-refractivity contribution in [3.8, 4) is 0 Å². The topological polar surface area (TPSA) is 49.5 Å². The lowest BCUT2D eigenvalue weighted by atomic mass is 9.81. The van der Waals surface area contributed by atoms with Gasteiger partial charge in [0, 0.05) is 24.7 Å². The van der Waals surface area contributed by atoms with Crippen LogP contribution in [0.5, 0.6) is 0 Å². The highest BCUT2D eigenvalue weighted by atomic mass is 16.2. The van der Waals surface area contributed by atoms with E-state index in [0.29, 0.717) is 18.7 Å². The van der Waals surface area contributed by atoms with Crippen molar-refractivity contribution in [3.63, 3.8) is 0 Å². The second-order valence-electron chi connectivity index (χ2n) is 6.57. The van der Waals surface area contributed by atoms with Crippen molar-refractivity contribution in [3.05, 3.63) is 0 Å². The Hall–Kier alpha value is -0.120. The van der Waals surface area contributed by atoms with E-state index in [1.807, 2.05) is 0 Å². The largest absolute Gasteiger partial charge is 0.396 e. The molecule has 1 aliphatic heterocycles. The summed E-state index contributed by atoms with van der Waals surface area (Å²) in [6, 6.07) is 1.26. The molecule has 3 nitrogen and oxygen atoms in total. The van der Waals surface area contributed by atoms with Gasteiger partial charge in [0.1, 0.15) is 0 Å². The van der Waals surface area contributed by atoms with Gasteiger partial charge in [-0.3, -0.25) is 4.90 Å². The molecule has 1 fully saturated rings. The number of aliphatic hydroxyl groups excluding tert-OH is 1. The van der Waals surface area contributed by atoms with Crippen LogP contribution < -0.4 is 5.73 Å². The summed E-state index contributed by atoms with van der Waals surface area (Å²) in [5.74, 6) is 0. The third kappa shape index (κ3) is 3.94. The maximum atomic E-state index is 8.98. The SMILES string of the molecule is CC(N)C(N1CCCC1CCCO)C(C)(C)C. The molecule has 0 amide bonds. The van der Waals surface area contributed by atoms with Crippen molar-refractivity contribution in [2.45, 2.75) is 71.5 Å². The molecule has 1 heterocycles. The second-order valence-corrected chi connectivity index (χ2v) is 6.57. The summed E-state index contributed by atoms with van der Waals surface area (Å²) < 4.78 is 0. The molecule has 0 aromatic carbocycles. The van der Waals surface area contributed by atoms with Crippen LogP contribution in [0.1, 0.15) is 53.4 Å². The lowest BCUT2D eigenvalue weighted by Gasteiger charge is -2.43. The van der Waals surface area contributed by atoms with Crippen LogP contribution in [0.15, 0.2) is 0 Å². The lowest BCUT2D eigenvalue weighted by Crippen LogP contribution is -2.55. The monoisotopic (exact) mass is 242 g/mol. The predicted molar refractivity (Wildman–Crippen MR) is 72.9 cm³/mol. The second kappa shape index (κ2) is 6.17. The molecular weight excluding hydrogens is 212 g/mol. The number of aliphatic hydroxyl groups is 1. The minimum Gasteiger partial charge on any atom is -0.396 e. The molecule has 0 saturated carbocycles. The average Bonchev–Trinajstić information content (AvgIpc) is 2.60. The summed E-state index contributed by atoms with van der Waals surface area (Å²) in [6.07, 6.45) is 4.56. The van der Waals surface area contributed by atoms with Gasteiger partial charge in [-0.25, -0.2) is 0 Å². The van der Waals surface area contributed by atoms with E-state index in [2.05, 4.69) is 32.6 Å². The Bertz CT molecular complexity index is 223. The van der Waals surface area contributed by atoms with E-state index in [4.69, 9.17) is 10.8 Å². The Morgan fingerprint density at radius 2 is 2.06 bits per heavy atom. The van der Waals surface area contributed by atoms with Gasteiger partial charge in [0.2, 0.25) is 0 Å².